The number of nitrogens with one attached hydrogen (secondary N) is 1. The highest BCUT2D eigenvalue weighted by atomic mass is 35.5. The van der Waals surface area contributed by atoms with Gasteiger partial charge in [-0.1, -0.05) is 0 Å². The summed E-state index contributed by atoms with van der Waals surface area (Å²) in [5, 5.41) is 2.85. The van der Waals surface area contributed by atoms with Crippen LogP contribution in [-0.2, 0) is 14.8 Å². The predicted molar refractivity (Wildman–Crippen MR) is 105 cm³/mol. The molecule has 154 valence electrons. The molecule has 0 aliphatic carbocycles. The lowest BCUT2D eigenvalue weighted by atomic mass is 9.97. The number of amides is 1. The van der Waals surface area contributed by atoms with Crippen LogP contribution in [0.25, 0.3) is 0 Å². The largest absolute Gasteiger partial charge is 0.493 e. The highest BCUT2D eigenvalue weighted by Crippen LogP contribution is 2.31. The van der Waals surface area contributed by atoms with Crippen LogP contribution in [0.15, 0.2) is 23.1 Å². The number of sulfonamides is 1. The van der Waals surface area contributed by atoms with E-state index >= 15 is 0 Å². The van der Waals surface area contributed by atoms with Crippen LogP contribution < -0.4 is 20.5 Å². The molecule has 1 aliphatic heterocycles. The molecule has 0 spiro atoms. The third-order valence-corrected chi connectivity index (χ3v) is 6.45. The zero-order chi connectivity index (χ0) is 19.3. The van der Waals surface area contributed by atoms with Gasteiger partial charge in [-0.15, -0.1) is 12.4 Å². The minimum Gasteiger partial charge on any atom is -0.493 e. The Balaban J connectivity index is 0.00000364. The number of ether oxygens (including phenoxy) is 2. The number of carbonyl (C=O) groups is 1. The minimum absolute atomic E-state index is 0. The van der Waals surface area contributed by atoms with Crippen molar-refractivity contribution in [3.8, 4) is 11.5 Å². The number of halogens is 1. The summed E-state index contributed by atoms with van der Waals surface area (Å²) in [4.78, 5) is 12.3. The lowest BCUT2D eigenvalue weighted by Gasteiger charge is -2.31. The maximum absolute atomic E-state index is 12.9. The van der Waals surface area contributed by atoms with Gasteiger partial charge in [-0.2, -0.15) is 4.31 Å². The van der Waals surface area contributed by atoms with Crippen LogP contribution in [0.2, 0.25) is 0 Å². The Bertz CT molecular complexity index is 736. The van der Waals surface area contributed by atoms with E-state index in [2.05, 4.69) is 5.32 Å². The van der Waals surface area contributed by atoms with Crippen molar-refractivity contribution in [2.45, 2.75) is 30.7 Å². The average Bonchev–Trinajstić information content (AvgIpc) is 2.67. The van der Waals surface area contributed by atoms with E-state index in [-0.39, 0.29) is 35.2 Å². The number of hydrogen-bond acceptors (Lipinski definition) is 6. The van der Waals surface area contributed by atoms with Gasteiger partial charge in [-0.05, 0) is 31.9 Å². The molecule has 1 aromatic rings. The molecule has 1 aliphatic rings. The molecule has 0 aromatic heterocycles. The first kappa shape index (κ1) is 23.5. The molecule has 1 aromatic carbocycles. The number of rotatable bonds is 7. The van der Waals surface area contributed by atoms with E-state index in [9.17, 15) is 13.2 Å². The third kappa shape index (κ3) is 5.47. The molecular weight excluding hydrogens is 394 g/mol. The molecule has 1 saturated heterocycles. The van der Waals surface area contributed by atoms with E-state index < -0.39 is 10.0 Å². The summed E-state index contributed by atoms with van der Waals surface area (Å²) >= 11 is 0. The van der Waals surface area contributed by atoms with Crippen LogP contribution >= 0.6 is 12.4 Å². The first-order valence-electron chi connectivity index (χ1n) is 8.56. The second kappa shape index (κ2) is 10.1. The summed E-state index contributed by atoms with van der Waals surface area (Å²) < 4.78 is 37.5. The van der Waals surface area contributed by atoms with E-state index in [1.165, 1.54) is 30.7 Å². The van der Waals surface area contributed by atoms with Gasteiger partial charge in [0.15, 0.2) is 11.5 Å². The van der Waals surface area contributed by atoms with Gasteiger partial charge in [0.25, 0.3) is 0 Å². The highest BCUT2D eigenvalue weighted by molar-refractivity contribution is 7.89. The SMILES string of the molecule is COc1ccc(S(=O)(=O)N2CCC(C(=O)N[C@@H](C)CN)CC2)cc1OC.Cl. The number of nitrogens with zero attached hydrogens (tertiary/aromatic N) is 1. The number of nitrogens with two attached hydrogens (primary N) is 1. The summed E-state index contributed by atoms with van der Waals surface area (Å²) in [5.41, 5.74) is 5.52. The summed E-state index contributed by atoms with van der Waals surface area (Å²) in [7, 11) is -0.698. The molecule has 27 heavy (non-hydrogen) atoms. The zero-order valence-corrected chi connectivity index (χ0v) is 17.4. The fourth-order valence-corrected chi connectivity index (χ4v) is 4.39. The topological polar surface area (TPSA) is 111 Å². The first-order valence-corrected chi connectivity index (χ1v) is 10.00. The van der Waals surface area contributed by atoms with Gasteiger partial charge in [-0.3, -0.25) is 4.79 Å². The van der Waals surface area contributed by atoms with Crippen molar-refractivity contribution in [1.82, 2.24) is 9.62 Å². The fourth-order valence-electron chi connectivity index (χ4n) is 2.90. The lowest BCUT2D eigenvalue weighted by Crippen LogP contribution is -2.46. The van der Waals surface area contributed by atoms with Crippen molar-refractivity contribution in [2.75, 3.05) is 33.9 Å². The molecule has 10 heteroatoms. The molecule has 0 unspecified atom stereocenters. The van der Waals surface area contributed by atoms with E-state index in [0.29, 0.717) is 44.0 Å². The van der Waals surface area contributed by atoms with Gasteiger partial charge in [0.2, 0.25) is 15.9 Å². The lowest BCUT2D eigenvalue weighted by molar-refractivity contribution is -0.126. The van der Waals surface area contributed by atoms with Crippen LogP contribution in [0.3, 0.4) is 0 Å². The van der Waals surface area contributed by atoms with Gasteiger partial charge in [0.05, 0.1) is 19.1 Å². The van der Waals surface area contributed by atoms with Crippen LogP contribution in [-0.4, -0.2) is 58.5 Å². The summed E-state index contributed by atoms with van der Waals surface area (Å²) in [6.45, 7) is 2.81. The average molecular weight is 422 g/mol. The van der Waals surface area contributed by atoms with Gasteiger partial charge in [0.1, 0.15) is 0 Å². The van der Waals surface area contributed by atoms with E-state index in [1.807, 2.05) is 6.92 Å². The highest BCUT2D eigenvalue weighted by Gasteiger charge is 2.32. The maximum Gasteiger partial charge on any atom is 0.243 e. The Labute approximate surface area is 166 Å². The fraction of sp³-hybridized carbons (Fsp3) is 0.588. The molecule has 0 radical (unpaired) electrons. The van der Waals surface area contributed by atoms with Crippen LogP contribution in [0.4, 0.5) is 0 Å². The summed E-state index contributed by atoms with van der Waals surface area (Å²) in [5.74, 6) is 0.571. The van der Waals surface area contributed by atoms with Gasteiger partial charge in [0, 0.05) is 37.7 Å². The monoisotopic (exact) mass is 421 g/mol. The van der Waals surface area contributed by atoms with Gasteiger partial charge in [-0.25, -0.2) is 8.42 Å². The van der Waals surface area contributed by atoms with E-state index in [4.69, 9.17) is 15.2 Å². The van der Waals surface area contributed by atoms with E-state index in [1.54, 1.807) is 6.07 Å². The Morgan fingerprint density at radius 1 is 1.26 bits per heavy atom. The first-order chi connectivity index (χ1) is 12.3. The van der Waals surface area contributed by atoms with Crippen molar-refractivity contribution >= 4 is 28.3 Å². The second-order valence-electron chi connectivity index (χ2n) is 6.34. The number of carbonyl (C=O) groups excluding carboxylic acids is 1. The Kier molecular flexibility index (Phi) is 8.80. The van der Waals surface area contributed by atoms with Crippen molar-refractivity contribution in [3.05, 3.63) is 18.2 Å². The van der Waals surface area contributed by atoms with Gasteiger partial charge >= 0.3 is 0 Å². The number of piperidine rings is 1. The predicted octanol–water partition coefficient (Wildman–Crippen LogP) is 0.990. The van der Waals surface area contributed by atoms with Crippen molar-refractivity contribution in [3.63, 3.8) is 0 Å². The summed E-state index contributed by atoms with van der Waals surface area (Å²) in [6.07, 6.45) is 0.964. The van der Waals surface area contributed by atoms with Crippen molar-refractivity contribution in [1.29, 1.82) is 0 Å². The molecule has 0 bridgehead atoms. The van der Waals surface area contributed by atoms with Crippen LogP contribution in [0.5, 0.6) is 11.5 Å². The Morgan fingerprint density at radius 2 is 1.85 bits per heavy atom. The molecule has 1 atom stereocenters. The number of benzene rings is 1. The molecule has 8 nitrogen and oxygen atoms in total. The smallest absolute Gasteiger partial charge is 0.243 e. The molecule has 0 saturated carbocycles. The second-order valence-corrected chi connectivity index (χ2v) is 8.28. The molecule has 1 heterocycles. The Morgan fingerprint density at radius 3 is 2.37 bits per heavy atom. The van der Waals surface area contributed by atoms with Crippen molar-refractivity contribution < 1.29 is 22.7 Å². The molecule has 3 N–H and O–H groups in total. The van der Waals surface area contributed by atoms with Crippen molar-refractivity contribution in [2.24, 2.45) is 11.7 Å². The van der Waals surface area contributed by atoms with Gasteiger partial charge < -0.3 is 20.5 Å². The minimum atomic E-state index is -3.65. The molecule has 1 amide bonds. The normalized spacial score (nSPS) is 16.9. The number of methoxy groups -OCH3 is 2. The van der Waals surface area contributed by atoms with E-state index in [0.717, 1.165) is 0 Å². The molecule has 2 rings (SSSR count). The third-order valence-electron chi connectivity index (χ3n) is 4.56. The number of hydrogen-bond donors (Lipinski definition) is 2. The standard InChI is InChI=1S/C17H27N3O5S.ClH/c1-12(11-18)19-17(21)13-6-8-20(9-7-13)26(22,23)14-4-5-15(24-2)16(10-14)25-3;/h4-5,10,12-13H,6-9,11,18H2,1-3H3,(H,19,21);1H/t12-;/m0./s1. The summed E-state index contributed by atoms with van der Waals surface area (Å²) in [6, 6.07) is 4.44. The maximum atomic E-state index is 12.9. The van der Waals surface area contributed by atoms with Crippen LogP contribution in [0.1, 0.15) is 19.8 Å². The quantitative estimate of drug-likeness (QED) is 0.679. The zero-order valence-electron chi connectivity index (χ0n) is 15.8. The van der Waals surface area contributed by atoms with Crippen LogP contribution in [0, 0.1) is 5.92 Å². The molecule has 1 fully saturated rings. The molecular formula is C17H28ClN3O5S. The Hall–Kier alpha value is -1.55.